The topological polar surface area (TPSA) is 70.1 Å². The van der Waals surface area contributed by atoms with Crippen LogP contribution in [0.1, 0.15) is 21.9 Å². The van der Waals surface area contributed by atoms with Crippen molar-refractivity contribution in [3.63, 3.8) is 0 Å². The molecule has 0 spiro atoms. The molecular formula is C29H28N6O. The van der Waals surface area contributed by atoms with Crippen LogP contribution in [0.3, 0.4) is 0 Å². The van der Waals surface area contributed by atoms with Crippen molar-refractivity contribution in [2.45, 2.75) is 13.1 Å². The van der Waals surface area contributed by atoms with E-state index in [2.05, 4.69) is 62.1 Å². The zero-order chi connectivity index (χ0) is 24.3. The fourth-order valence-corrected chi connectivity index (χ4v) is 4.86. The van der Waals surface area contributed by atoms with Gasteiger partial charge in [0, 0.05) is 38.3 Å². The summed E-state index contributed by atoms with van der Waals surface area (Å²) in [6, 6.07) is 30.6. The van der Waals surface area contributed by atoms with Crippen LogP contribution in [0.5, 0.6) is 0 Å². The Kier molecular flexibility index (Phi) is 6.05. The van der Waals surface area contributed by atoms with Gasteiger partial charge in [0.15, 0.2) is 0 Å². The molecule has 1 aliphatic heterocycles. The average molecular weight is 477 g/mol. The summed E-state index contributed by atoms with van der Waals surface area (Å²) in [6.07, 6.45) is 0. The first-order valence-corrected chi connectivity index (χ1v) is 12.3. The third kappa shape index (κ3) is 4.53. The lowest BCUT2D eigenvalue weighted by Crippen LogP contribution is -2.48. The fraction of sp³-hybridized carbons (Fsp3) is 0.207. The van der Waals surface area contributed by atoms with Crippen LogP contribution >= 0.6 is 0 Å². The Balaban J connectivity index is 1.13. The summed E-state index contributed by atoms with van der Waals surface area (Å²) in [6.45, 7) is 4.51. The molecule has 180 valence electrons. The van der Waals surface area contributed by atoms with Gasteiger partial charge in [-0.2, -0.15) is 5.10 Å². The van der Waals surface area contributed by atoms with Crippen LogP contribution < -0.4 is 0 Å². The Labute approximate surface area is 210 Å². The van der Waals surface area contributed by atoms with Gasteiger partial charge in [0.1, 0.15) is 11.5 Å². The third-order valence-corrected chi connectivity index (χ3v) is 6.82. The molecule has 0 aliphatic carbocycles. The van der Waals surface area contributed by atoms with Gasteiger partial charge in [-0.3, -0.25) is 14.8 Å². The molecule has 1 fully saturated rings. The van der Waals surface area contributed by atoms with Crippen LogP contribution in [-0.4, -0.2) is 61.6 Å². The SMILES string of the molecule is O=C(c1cc(-c2ccccc2)n[nH]1)N1CCN(Cc2nc3ccccc3n2Cc2ccccc2)CC1. The summed E-state index contributed by atoms with van der Waals surface area (Å²) in [7, 11) is 0. The van der Waals surface area contributed by atoms with Crippen molar-refractivity contribution >= 4 is 16.9 Å². The smallest absolute Gasteiger partial charge is 0.271 e. The number of hydrogen-bond acceptors (Lipinski definition) is 4. The number of nitrogens with zero attached hydrogens (tertiary/aromatic N) is 5. The quantitative estimate of drug-likeness (QED) is 0.394. The molecule has 3 aromatic carbocycles. The number of hydrogen-bond donors (Lipinski definition) is 1. The minimum Gasteiger partial charge on any atom is -0.335 e. The number of para-hydroxylation sites is 2. The highest BCUT2D eigenvalue weighted by Crippen LogP contribution is 2.21. The number of aromatic nitrogens is 4. The lowest BCUT2D eigenvalue weighted by Gasteiger charge is -2.34. The number of rotatable bonds is 6. The number of amides is 1. The van der Waals surface area contributed by atoms with Crippen molar-refractivity contribution in [3.05, 3.63) is 108 Å². The molecule has 0 atom stereocenters. The summed E-state index contributed by atoms with van der Waals surface area (Å²) in [5, 5.41) is 7.27. The van der Waals surface area contributed by atoms with Crippen molar-refractivity contribution in [3.8, 4) is 11.3 Å². The standard InChI is InChI=1S/C29H28N6O/c36-29(26-19-25(31-32-26)23-11-5-2-6-12-23)34-17-15-33(16-18-34)21-28-30-24-13-7-8-14-27(24)35(28)20-22-9-3-1-4-10-22/h1-14,19H,15-18,20-21H2,(H,31,32). The van der Waals surface area contributed by atoms with Crippen molar-refractivity contribution < 1.29 is 4.79 Å². The summed E-state index contributed by atoms with van der Waals surface area (Å²) < 4.78 is 2.32. The highest BCUT2D eigenvalue weighted by molar-refractivity contribution is 5.93. The van der Waals surface area contributed by atoms with Crippen LogP contribution in [0.15, 0.2) is 91.0 Å². The molecule has 36 heavy (non-hydrogen) atoms. The second-order valence-electron chi connectivity index (χ2n) is 9.19. The molecular weight excluding hydrogens is 448 g/mol. The van der Waals surface area contributed by atoms with E-state index in [0.717, 1.165) is 54.3 Å². The predicted molar refractivity (Wildman–Crippen MR) is 140 cm³/mol. The number of imidazole rings is 1. The van der Waals surface area contributed by atoms with E-state index in [-0.39, 0.29) is 5.91 Å². The van der Waals surface area contributed by atoms with E-state index in [0.29, 0.717) is 18.8 Å². The van der Waals surface area contributed by atoms with Crippen molar-refractivity contribution in [1.82, 2.24) is 29.5 Å². The first-order chi connectivity index (χ1) is 17.7. The van der Waals surface area contributed by atoms with E-state index >= 15 is 0 Å². The maximum Gasteiger partial charge on any atom is 0.271 e. The number of aromatic amines is 1. The second-order valence-corrected chi connectivity index (χ2v) is 9.19. The van der Waals surface area contributed by atoms with Gasteiger partial charge in [-0.15, -0.1) is 0 Å². The molecule has 7 heteroatoms. The van der Waals surface area contributed by atoms with Gasteiger partial charge >= 0.3 is 0 Å². The highest BCUT2D eigenvalue weighted by Gasteiger charge is 2.25. The van der Waals surface area contributed by atoms with E-state index in [4.69, 9.17) is 4.98 Å². The maximum absolute atomic E-state index is 13.1. The van der Waals surface area contributed by atoms with Crippen LogP contribution in [0.4, 0.5) is 0 Å². The van der Waals surface area contributed by atoms with E-state index in [9.17, 15) is 4.79 Å². The number of nitrogens with one attached hydrogen (secondary N) is 1. The Morgan fingerprint density at radius 2 is 1.50 bits per heavy atom. The molecule has 0 radical (unpaired) electrons. The normalized spacial score (nSPS) is 14.4. The number of carbonyl (C=O) groups excluding carboxylic acids is 1. The lowest BCUT2D eigenvalue weighted by atomic mass is 10.1. The third-order valence-electron chi connectivity index (χ3n) is 6.82. The number of benzene rings is 3. The van der Waals surface area contributed by atoms with E-state index < -0.39 is 0 Å². The Hall–Kier alpha value is -4.23. The predicted octanol–water partition coefficient (Wildman–Crippen LogP) is 4.43. The van der Waals surface area contributed by atoms with Crippen molar-refractivity contribution in [2.75, 3.05) is 26.2 Å². The molecule has 6 rings (SSSR count). The average Bonchev–Trinajstić information content (AvgIpc) is 3.56. The van der Waals surface area contributed by atoms with Gasteiger partial charge in [-0.25, -0.2) is 4.98 Å². The minimum atomic E-state index is 0.000599. The molecule has 1 aliphatic rings. The highest BCUT2D eigenvalue weighted by atomic mass is 16.2. The molecule has 3 heterocycles. The van der Waals surface area contributed by atoms with Gasteiger partial charge in [0.05, 0.1) is 23.3 Å². The first-order valence-electron chi connectivity index (χ1n) is 12.3. The van der Waals surface area contributed by atoms with Crippen LogP contribution in [0.25, 0.3) is 22.3 Å². The van der Waals surface area contributed by atoms with Crippen LogP contribution in [-0.2, 0) is 13.1 Å². The number of carbonyl (C=O) groups is 1. The number of H-pyrrole nitrogens is 1. The zero-order valence-corrected chi connectivity index (χ0v) is 20.0. The van der Waals surface area contributed by atoms with Crippen LogP contribution in [0.2, 0.25) is 0 Å². The molecule has 2 aromatic heterocycles. The minimum absolute atomic E-state index is 0.000599. The summed E-state index contributed by atoms with van der Waals surface area (Å²) in [5.74, 6) is 1.06. The molecule has 7 nitrogen and oxygen atoms in total. The zero-order valence-electron chi connectivity index (χ0n) is 20.0. The van der Waals surface area contributed by atoms with Gasteiger partial charge in [-0.1, -0.05) is 72.8 Å². The second kappa shape index (κ2) is 9.79. The molecule has 0 unspecified atom stereocenters. The fourth-order valence-electron chi connectivity index (χ4n) is 4.86. The van der Waals surface area contributed by atoms with Crippen molar-refractivity contribution in [1.29, 1.82) is 0 Å². The lowest BCUT2D eigenvalue weighted by molar-refractivity contribution is 0.0618. The first kappa shape index (κ1) is 22.2. The molecule has 5 aromatic rings. The monoisotopic (exact) mass is 476 g/mol. The van der Waals surface area contributed by atoms with E-state index in [1.54, 1.807) is 0 Å². The summed E-state index contributed by atoms with van der Waals surface area (Å²) >= 11 is 0. The van der Waals surface area contributed by atoms with Gasteiger partial charge < -0.3 is 9.47 Å². The van der Waals surface area contributed by atoms with Crippen LogP contribution in [0, 0.1) is 0 Å². The van der Waals surface area contributed by atoms with Gasteiger partial charge in [0.25, 0.3) is 5.91 Å². The molecule has 1 amide bonds. The van der Waals surface area contributed by atoms with E-state index in [1.807, 2.05) is 53.4 Å². The molecule has 0 bridgehead atoms. The summed E-state index contributed by atoms with van der Waals surface area (Å²) in [5.41, 5.74) is 5.74. The summed E-state index contributed by atoms with van der Waals surface area (Å²) in [4.78, 5) is 22.4. The maximum atomic E-state index is 13.1. The number of fused-ring (bicyclic) bond motifs is 1. The molecule has 1 saturated heterocycles. The van der Waals surface area contributed by atoms with E-state index in [1.165, 1.54) is 5.56 Å². The molecule has 1 N–H and O–H groups in total. The van der Waals surface area contributed by atoms with Gasteiger partial charge in [0.2, 0.25) is 0 Å². The Bertz CT molecular complexity index is 1470. The number of piperazine rings is 1. The van der Waals surface area contributed by atoms with Crippen molar-refractivity contribution in [2.24, 2.45) is 0 Å². The van der Waals surface area contributed by atoms with Gasteiger partial charge in [-0.05, 0) is 23.8 Å². The largest absolute Gasteiger partial charge is 0.335 e. The molecule has 0 saturated carbocycles. The Morgan fingerprint density at radius 1 is 0.806 bits per heavy atom. The Morgan fingerprint density at radius 3 is 2.28 bits per heavy atom.